The van der Waals surface area contributed by atoms with Gasteiger partial charge in [-0.3, -0.25) is 10.1 Å². The van der Waals surface area contributed by atoms with Crippen molar-refractivity contribution in [1.29, 1.82) is 0 Å². The lowest BCUT2D eigenvalue weighted by Gasteiger charge is -2.16. The molecule has 1 unspecified atom stereocenters. The van der Waals surface area contributed by atoms with E-state index in [9.17, 15) is 14.5 Å². The molecule has 0 aliphatic rings. The Kier molecular flexibility index (Phi) is 4.37. The molecule has 2 aromatic carbocycles. The first-order chi connectivity index (χ1) is 10.0. The SMILES string of the molecule is COc1ccc(C(C)Nc2cc([N+](=O)[O-])ccc2F)cc1. The third-order valence-electron chi connectivity index (χ3n) is 3.15. The van der Waals surface area contributed by atoms with Crippen LogP contribution in [-0.2, 0) is 0 Å². The lowest BCUT2D eigenvalue weighted by molar-refractivity contribution is -0.384. The van der Waals surface area contributed by atoms with E-state index in [1.165, 1.54) is 6.07 Å². The number of nitro groups is 1. The molecule has 1 N–H and O–H groups in total. The molecule has 5 nitrogen and oxygen atoms in total. The summed E-state index contributed by atoms with van der Waals surface area (Å²) in [6, 6.07) is 10.5. The van der Waals surface area contributed by atoms with Crippen molar-refractivity contribution in [2.75, 3.05) is 12.4 Å². The molecule has 0 aromatic heterocycles. The second kappa shape index (κ2) is 6.21. The van der Waals surface area contributed by atoms with Crippen LogP contribution in [0.4, 0.5) is 15.8 Å². The van der Waals surface area contributed by atoms with E-state index in [0.29, 0.717) is 0 Å². The number of anilines is 1. The normalized spacial score (nSPS) is 11.8. The summed E-state index contributed by atoms with van der Waals surface area (Å²) in [6.07, 6.45) is 0. The molecule has 0 aliphatic heterocycles. The van der Waals surface area contributed by atoms with Gasteiger partial charge >= 0.3 is 0 Å². The first-order valence-electron chi connectivity index (χ1n) is 6.35. The van der Waals surface area contributed by atoms with Crippen LogP contribution in [0.1, 0.15) is 18.5 Å². The van der Waals surface area contributed by atoms with Crippen LogP contribution in [0.5, 0.6) is 5.75 Å². The van der Waals surface area contributed by atoms with Crippen LogP contribution in [0, 0.1) is 15.9 Å². The molecule has 1 atom stereocenters. The van der Waals surface area contributed by atoms with E-state index in [1.54, 1.807) is 19.2 Å². The van der Waals surface area contributed by atoms with Crippen LogP contribution in [0.15, 0.2) is 42.5 Å². The Labute approximate surface area is 121 Å². The fourth-order valence-electron chi connectivity index (χ4n) is 1.95. The minimum Gasteiger partial charge on any atom is -0.497 e. The summed E-state index contributed by atoms with van der Waals surface area (Å²) in [7, 11) is 1.58. The predicted octanol–water partition coefficient (Wildman–Crippen LogP) is 3.92. The number of hydrogen-bond donors (Lipinski definition) is 1. The number of methoxy groups -OCH3 is 1. The van der Waals surface area contributed by atoms with Gasteiger partial charge in [-0.05, 0) is 30.7 Å². The number of rotatable bonds is 5. The lowest BCUT2D eigenvalue weighted by Crippen LogP contribution is -2.08. The Hall–Kier alpha value is -2.63. The minimum absolute atomic E-state index is 0.104. The summed E-state index contributed by atoms with van der Waals surface area (Å²) in [5.74, 6) is 0.202. The fourth-order valence-corrected chi connectivity index (χ4v) is 1.95. The molecule has 110 valence electrons. The van der Waals surface area contributed by atoms with Gasteiger partial charge in [0, 0.05) is 18.2 Å². The Balaban J connectivity index is 2.19. The Morgan fingerprint density at radius 2 is 1.90 bits per heavy atom. The van der Waals surface area contributed by atoms with E-state index < -0.39 is 10.7 Å². The molecular weight excluding hydrogens is 275 g/mol. The van der Waals surface area contributed by atoms with Crippen LogP contribution >= 0.6 is 0 Å². The quantitative estimate of drug-likeness (QED) is 0.669. The lowest BCUT2D eigenvalue weighted by atomic mass is 10.1. The molecule has 6 heteroatoms. The molecule has 0 bridgehead atoms. The van der Waals surface area contributed by atoms with Crippen molar-refractivity contribution in [3.63, 3.8) is 0 Å². The van der Waals surface area contributed by atoms with Gasteiger partial charge in [0.05, 0.1) is 17.7 Å². The van der Waals surface area contributed by atoms with Gasteiger partial charge < -0.3 is 10.1 Å². The van der Waals surface area contributed by atoms with Gasteiger partial charge in [0.1, 0.15) is 11.6 Å². The van der Waals surface area contributed by atoms with Crippen LogP contribution in [0.3, 0.4) is 0 Å². The number of halogens is 1. The standard InChI is InChI=1S/C15H15FN2O3/c1-10(11-3-6-13(21-2)7-4-11)17-15-9-12(18(19)20)5-8-14(15)16/h3-10,17H,1-2H3. The molecule has 0 spiro atoms. The van der Waals surface area contributed by atoms with Crippen molar-refractivity contribution in [2.45, 2.75) is 13.0 Å². The zero-order chi connectivity index (χ0) is 15.4. The molecule has 0 saturated carbocycles. The number of benzene rings is 2. The summed E-state index contributed by atoms with van der Waals surface area (Å²) in [5.41, 5.74) is 0.870. The van der Waals surface area contributed by atoms with Gasteiger partial charge in [0.2, 0.25) is 0 Å². The highest BCUT2D eigenvalue weighted by molar-refractivity contribution is 5.53. The highest BCUT2D eigenvalue weighted by atomic mass is 19.1. The Morgan fingerprint density at radius 1 is 1.24 bits per heavy atom. The first kappa shape index (κ1) is 14.8. The summed E-state index contributed by atoms with van der Waals surface area (Å²) in [5, 5.41) is 13.7. The predicted molar refractivity (Wildman–Crippen MR) is 78.1 cm³/mol. The Bertz CT molecular complexity index is 644. The summed E-state index contributed by atoms with van der Waals surface area (Å²) >= 11 is 0. The van der Waals surface area contributed by atoms with Crippen LogP contribution in [0.2, 0.25) is 0 Å². The third-order valence-corrected chi connectivity index (χ3v) is 3.15. The van der Waals surface area contributed by atoms with E-state index in [4.69, 9.17) is 4.74 Å². The maximum atomic E-state index is 13.7. The molecule has 21 heavy (non-hydrogen) atoms. The number of non-ortho nitro benzene ring substituents is 1. The number of nitrogens with one attached hydrogen (secondary N) is 1. The average Bonchev–Trinajstić information content (AvgIpc) is 2.49. The zero-order valence-electron chi connectivity index (χ0n) is 11.7. The summed E-state index contributed by atoms with van der Waals surface area (Å²) in [6.45, 7) is 1.85. The largest absolute Gasteiger partial charge is 0.497 e. The molecule has 0 fully saturated rings. The Morgan fingerprint density at radius 3 is 2.48 bits per heavy atom. The van der Waals surface area contributed by atoms with Crippen molar-refractivity contribution in [1.82, 2.24) is 0 Å². The van der Waals surface area contributed by atoms with Crippen molar-refractivity contribution in [2.24, 2.45) is 0 Å². The second-order valence-corrected chi connectivity index (χ2v) is 4.56. The molecule has 2 rings (SSSR count). The smallest absolute Gasteiger partial charge is 0.271 e. The third kappa shape index (κ3) is 3.47. The second-order valence-electron chi connectivity index (χ2n) is 4.56. The number of nitrogens with zero attached hydrogens (tertiary/aromatic N) is 1. The van der Waals surface area contributed by atoms with E-state index in [0.717, 1.165) is 23.4 Å². The molecule has 0 heterocycles. The molecule has 0 aliphatic carbocycles. The highest BCUT2D eigenvalue weighted by Gasteiger charge is 2.13. The van der Waals surface area contributed by atoms with Crippen molar-refractivity contribution in [3.05, 3.63) is 64.0 Å². The monoisotopic (exact) mass is 290 g/mol. The van der Waals surface area contributed by atoms with Gasteiger partial charge in [-0.15, -0.1) is 0 Å². The minimum atomic E-state index is -0.553. The molecule has 0 saturated heterocycles. The van der Waals surface area contributed by atoms with Crippen LogP contribution in [0.25, 0.3) is 0 Å². The highest BCUT2D eigenvalue weighted by Crippen LogP contribution is 2.26. The first-order valence-corrected chi connectivity index (χ1v) is 6.35. The van der Waals surface area contributed by atoms with Gasteiger partial charge in [0.15, 0.2) is 0 Å². The van der Waals surface area contributed by atoms with Gasteiger partial charge in [0.25, 0.3) is 5.69 Å². The zero-order valence-corrected chi connectivity index (χ0v) is 11.7. The van der Waals surface area contributed by atoms with E-state index in [-0.39, 0.29) is 17.4 Å². The van der Waals surface area contributed by atoms with E-state index >= 15 is 0 Å². The number of nitro benzene ring substituents is 1. The molecule has 0 radical (unpaired) electrons. The number of ether oxygens (including phenoxy) is 1. The van der Waals surface area contributed by atoms with Crippen LogP contribution < -0.4 is 10.1 Å². The fraction of sp³-hybridized carbons (Fsp3) is 0.200. The average molecular weight is 290 g/mol. The van der Waals surface area contributed by atoms with Gasteiger partial charge in [-0.2, -0.15) is 0 Å². The van der Waals surface area contributed by atoms with Crippen molar-refractivity contribution in [3.8, 4) is 5.75 Å². The molecule has 2 aromatic rings. The van der Waals surface area contributed by atoms with E-state index in [1.807, 2.05) is 19.1 Å². The molecular formula is C15H15FN2O3. The topological polar surface area (TPSA) is 64.4 Å². The van der Waals surface area contributed by atoms with Crippen molar-refractivity contribution >= 4 is 11.4 Å². The summed E-state index contributed by atoms with van der Waals surface area (Å²) in [4.78, 5) is 10.2. The van der Waals surface area contributed by atoms with E-state index in [2.05, 4.69) is 5.32 Å². The van der Waals surface area contributed by atoms with Gasteiger partial charge in [-0.25, -0.2) is 4.39 Å². The summed E-state index contributed by atoms with van der Waals surface area (Å²) < 4.78 is 18.8. The maximum Gasteiger partial charge on any atom is 0.271 e. The number of hydrogen-bond acceptors (Lipinski definition) is 4. The van der Waals surface area contributed by atoms with Gasteiger partial charge in [-0.1, -0.05) is 12.1 Å². The maximum absolute atomic E-state index is 13.7. The van der Waals surface area contributed by atoms with Crippen molar-refractivity contribution < 1.29 is 14.1 Å². The van der Waals surface area contributed by atoms with Crippen LogP contribution in [-0.4, -0.2) is 12.0 Å². The molecule has 0 amide bonds.